The minimum atomic E-state index is 0.108. The van der Waals surface area contributed by atoms with Crippen LogP contribution in [0.3, 0.4) is 0 Å². The highest BCUT2D eigenvalue weighted by atomic mass is 32.2. The van der Waals surface area contributed by atoms with E-state index in [2.05, 4.69) is 16.1 Å². The Balaban J connectivity index is 1.48. The molecule has 1 aliphatic rings. The molecule has 2 aromatic heterocycles. The first-order valence-corrected chi connectivity index (χ1v) is 10.7. The van der Waals surface area contributed by atoms with Crippen LogP contribution in [0.15, 0.2) is 54.9 Å². The van der Waals surface area contributed by atoms with Crippen molar-refractivity contribution < 1.29 is 4.79 Å². The number of rotatable bonds is 5. The molecule has 0 radical (unpaired) electrons. The van der Waals surface area contributed by atoms with Crippen molar-refractivity contribution in [3.63, 3.8) is 0 Å². The zero-order chi connectivity index (χ0) is 18.6. The van der Waals surface area contributed by atoms with Gasteiger partial charge in [-0.25, -0.2) is 4.98 Å². The summed E-state index contributed by atoms with van der Waals surface area (Å²) in [6.45, 7) is 4.61. The fraction of sp³-hybridized carbons (Fsp3) is 0.333. The average molecular weight is 381 g/mol. The molecule has 0 saturated carbocycles. The van der Waals surface area contributed by atoms with Gasteiger partial charge in [-0.05, 0) is 18.4 Å². The monoisotopic (exact) mass is 380 g/mol. The lowest BCUT2D eigenvalue weighted by molar-refractivity contribution is 0.0644. The van der Waals surface area contributed by atoms with Gasteiger partial charge in [-0.2, -0.15) is 11.8 Å². The summed E-state index contributed by atoms with van der Waals surface area (Å²) in [5, 5.41) is 0. The van der Waals surface area contributed by atoms with Crippen LogP contribution in [-0.2, 0) is 0 Å². The van der Waals surface area contributed by atoms with Crippen molar-refractivity contribution in [1.29, 1.82) is 0 Å². The van der Waals surface area contributed by atoms with E-state index in [1.807, 2.05) is 75.9 Å². The summed E-state index contributed by atoms with van der Waals surface area (Å²) in [5.74, 6) is 1.26. The number of carbonyl (C=O) groups is 1. The van der Waals surface area contributed by atoms with E-state index in [9.17, 15) is 4.79 Å². The number of hydrogen-bond donors (Lipinski definition) is 0. The van der Waals surface area contributed by atoms with Gasteiger partial charge in [0.05, 0.1) is 11.3 Å². The van der Waals surface area contributed by atoms with Gasteiger partial charge in [0.2, 0.25) is 0 Å². The molecule has 1 aliphatic heterocycles. The molecule has 0 unspecified atom stereocenters. The number of carbonyl (C=O) groups excluding carboxylic acids is 1. The first-order chi connectivity index (χ1) is 13.2. The third kappa shape index (κ3) is 4.01. The predicted octanol–water partition coefficient (Wildman–Crippen LogP) is 3.12. The minimum Gasteiger partial charge on any atom is -0.336 e. The first-order valence-electron chi connectivity index (χ1n) is 9.29. The Morgan fingerprint density at radius 1 is 1.04 bits per heavy atom. The standard InChI is InChI=1S/C21H24N4OS/c1-27-14-13-23-9-11-24(12-10-23)21(26)18-7-8-20-22-19(16-25(20)15-18)17-5-3-2-4-6-17/h2-8,15-16H,9-14H2,1H3. The highest BCUT2D eigenvalue weighted by Gasteiger charge is 2.22. The molecule has 3 aromatic rings. The van der Waals surface area contributed by atoms with Gasteiger partial charge in [0.1, 0.15) is 5.65 Å². The number of imidazole rings is 1. The van der Waals surface area contributed by atoms with Crippen LogP contribution in [0, 0.1) is 0 Å². The van der Waals surface area contributed by atoms with Crippen molar-refractivity contribution in [2.24, 2.45) is 0 Å². The van der Waals surface area contributed by atoms with E-state index in [-0.39, 0.29) is 5.91 Å². The number of aromatic nitrogens is 2. The summed E-state index contributed by atoms with van der Waals surface area (Å²) in [5.41, 5.74) is 3.57. The van der Waals surface area contributed by atoms with Gasteiger partial charge in [0.25, 0.3) is 5.91 Å². The molecule has 1 saturated heterocycles. The SMILES string of the molecule is CSCCN1CCN(C(=O)c2ccc3nc(-c4ccccc4)cn3c2)CC1. The zero-order valence-corrected chi connectivity index (χ0v) is 16.4. The molecular formula is C21H24N4OS. The van der Waals surface area contributed by atoms with Gasteiger partial charge in [-0.15, -0.1) is 0 Å². The summed E-state index contributed by atoms with van der Waals surface area (Å²) in [6.07, 6.45) is 6.02. The molecule has 4 rings (SSSR count). The molecule has 3 heterocycles. The van der Waals surface area contributed by atoms with E-state index in [0.717, 1.165) is 60.9 Å². The maximum atomic E-state index is 12.9. The van der Waals surface area contributed by atoms with Crippen molar-refractivity contribution in [2.45, 2.75) is 0 Å². The van der Waals surface area contributed by atoms with Crippen molar-refractivity contribution >= 4 is 23.3 Å². The van der Waals surface area contributed by atoms with Crippen LogP contribution in [0.5, 0.6) is 0 Å². The molecule has 0 bridgehead atoms. The molecule has 0 N–H and O–H groups in total. The normalized spacial score (nSPS) is 15.4. The van der Waals surface area contributed by atoms with Gasteiger partial charge < -0.3 is 9.30 Å². The van der Waals surface area contributed by atoms with Crippen LogP contribution in [0.25, 0.3) is 16.9 Å². The zero-order valence-electron chi connectivity index (χ0n) is 15.5. The van der Waals surface area contributed by atoms with Gasteiger partial charge in [0, 0.05) is 56.4 Å². The van der Waals surface area contributed by atoms with E-state index >= 15 is 0 Å². The van der Waals surface area contributed by atoms with Crippen LogP contribution < -0.4 is 0 Å². The molecule has 140 valence electrons. The predicted molar refractivity (Wildman–Crippen MR) is 111 cm³/mol. The van der Waals surface area contributed by atoms with Crippen molar-refractivity contribution in [2.75, 3.05) is 44.7 Å². The molecule has 6 heteroatoms. The molecule has 0 aliphatic carbocycles. The quantitative estimate of drug-likeness (QED) is 0.682. The topological polar surface area (TPSA) is 40.8 Å². The van der Waals surface area contributed by atoms with E-state index in [0.29, 0.717) is 0 Å². The molecule has 0 atom stereocenters. The van der Waals surface area contributed by atoms with Crippen LogP contribution >= 0.6 is 11.8 Å². The van der Waals surface area contributed by atoms with E-state index in [4.69, 9.17) is 0 Å². The Labute approximate surface area is 164 Å². The Hall–Kier alpha value is -2.31. The molecule has 27 heavy (non-hydrogen) atoms. The van der Waals surface area contributed by atoms with E-state index in [1.165, 1.54) is 0 Å². The van der Waals surface area contributed by atoms with Gasteiger partial charge in [-0.3, -0.25) is 9.69 Å². The number of fused-ring (bicyclic) bond motifs is 1. The number of nitrogens with zero attached hydrogens (tertiary/aromatic N) is 4. The summed E-state index contributed by atoms with van der Waals surface area (Å²) < 4.78 is 1.95. The molecular weight excluding hydrogens is 356 g/mol. The summed E-state index contributed by atoms with van der Waals surface area (Å²) in [6, 6.07) is 13.9. The number of piperazine rings is 1. The largest absolute Gasteiger partial charge is 0.336 e. The third-order valence-electron chi connectivity index (χ3n) is 5.04. The van der Waals surface area contributed by atoms with Crippen molar-refractivity contribution in [3.8, 4) is 11.3 Å². The Morgan fingerprint density at radius 2 is 1.81 bits per heavy atom. The molecule has 1 aromatic carbocycles. The maximum absolute atomic E-state index is 12.9. The lowest BCUT2D eigenvalue weighted by Gasteiger charge is -2.34. The summed E-state index contributed by atoms with van der Waals surface area (Å²) in [7, 11) is 0. The van der Waals surface area contributed by atoms with E-state index < -0.39 is 0 Å². The van der Waals surface area contributed by atoms with Crippen LogP contribution in [0.4, 0.5) is 0 Å². The lowest BCUT2D eigenvalue weighted by Crippen LogP contribution is -2.49. The number of benzene rings is 1. The average Bonchev–Trinajstić information content (AvgIpc) is 3.16. The van der Waals surface area contributed by atoms with Crippen LogP contribution in [0.1, 0.15) is 10.4 Å². The fourth-order valence-electron chi connectivity index (χ4n) is 3.44. The highest BCUT2D eigenvalue weighted by Crippen LogP contribution is 2.19. The summed E-state index contributed by atoms with van der Waals surface area (Å²) >= 11 is 1.87. The van der Waals surface area contributed by atoms with Gasteiger partial charge in [-0.1, -0.05) is 30.3 Å². The summed E-state index contributed by atoms with van der Waals surface area (Å²) in [4.78, 5) is 22.0. The van der Waals surface area contributed by atoms with Crippen LogP contribution in [0.2, 0.25) is 0 Å². The maximum Gasteiger partial charge on any atom is 0.255 e. The van der Waals surface area contributed by atoms with Gasteiger partial charge >= 0.3 is 0 Å². The van der Waals surface area contributed by atoms with E-state index in [1.54, 1.807) is 0 Å². The first kappa shape index (κ1) is 18.1. The number of hydrogen-bond acceptors (Lipinski definition) is 4. The molecule has 5 nitrogen and oxygen atoms in total. The fourth-order valence-corrected chi connectivity index (χ4v) is 3.88. The smallest absolute Gasteiger partial charge is 0.255 e. The minimum absolute atomic E-state index is 0.108. The number of amides is 1. The highest BCUT2D eigenvalue weighted by molar-refractivity contribution is 7.98. The molecule has 1 fully saturated rings. The lowest BCUT2D eigenvalue weighted by atomic mass is 10.2. The van der Waals surface area contributed by atoms with Gasteiger partial charge in [0.15, 0.2) is 0 Å². The second kappa shape index (κ2) is 8.15. The molecule has 1 amide bonds. The third-order valence-corrected chi connectivity index (χ3v) is 5.63. The number of thioether (sulfide) groups is 1. The van der Waals surface area contributed by atoms with Crippen molar-refractivity contribution in [3.05, 3.63) is 60.4 Å². The Bertz CT molecular complexity index is 916. The second-order valence-electron chi connectivity index (χ2n) is 6.80. The van der Waals surface area contributed by atoms with Crippen LogP contribution in [-0.4, -0.2) is 69.8 Å². The number of pyridine rings is 1. The Kier molecular flexibility index (Phi) is 5.45. The Morgan fingerprint density at radius 3 is 2.56 bits per heavy atom. The molecule has 0 spiro atoms. The second-order valence-corrected chi connectivity index (χ2v) is 7.79. The van der Waals surface area contributed by atoms with Crippen molar-refractivity contribution in [1.82, 2.24) is 19.2 Å².